The zero-order valence-electron chi connectivity index (χ0n) is 15.7. The Morgan fingerprint density at radius 3 is 2.45 bits per heavy atom. The summed E-state index contributed by atoms with van der Waals surface area (Å²) in [6.07, 6.45) is 2.93. The van der Waals surface area contributed by atoms with E-state index in [1.807, 2.05) is 0 Å². The molecule has 4 fully saturated rings. The molecule has 3 amide bonds. The summed E-state index contributed by atoms with van der Waals surface area (Å²) >= 11 is 7.41. The quantitative estimate of drug-likeness (QED) is 0.484. The van der Waals surface area contributed by atoms with Gasteiger partial charge in [0.05, 0.1) is 23.6 Å². The van der Waals surface area contributed by atoms with Crippen molar-refractivity contribution in [3.8, 4) is 0 Å². The minimum atomic E-state index is -0.261. The number of hydrogen-bond acceptors (Lipinski definition) is 4. The minimum Gasteiger partial charge on any atom is -0.376 e. The molecular formula is C21H22Br2N2O4. The van der Waals surface area contributed by atoms with E-state index in [0.717, 1.165) is 25.9 Å². The van der Waals surface area contributed by atoms with E-state index in [2.05, 4.69) is 37.2 Å². The van der Waals surface area contributed by atoms with Crippen LogP contribution in [-0.2, 0) is 14.3 Å². The van der Waals surface area contributed by atoms with Crippen LogP contribution >= 0.6 is 31.9 Å². The van der Waals surface area contributed by atoms with Gasteiger partial charge < -0.3 is 10.1 Å². The molecule has 2 heterocycles. The van der Waals surface area contributed by atoms with Crippen molar-refractivity contribution in [2.75, 3.05) is 18.1 Å². The molecule has 2 saturated heterocycles. The number of carbonyl (C=O) groups is 3. The number of alkyl halides is 2. The van der Waals surface area contributed by atoms with Gasteiger partial charge in [0.1, 0.15) is 0 Å². The lowest BCUT2D eigenvalue weighted by Crippen LogP contribution is -2.37. The predicted molar refractivity (Wildman–Crippen MR) is 114 cm³/mol. The molecule has 2 aliphatic heterocycles. The van der Waals surface area contributed by atoms with Crippen molar-refractivity contribution in [1.29, 1.82) is 0 Å². The van der Waals surface area contributed by atoms with Crippen molar-refractivity contribution >= 4 is 55.3 Å². The smallest absolute Gasteiger partial charge is 0.251 e. The normalized spacial score (nSPS) is 38.0. The van der Waals surface area contributed by atoms with Gasteiger partial charge in [0, 0.05) is 28.4 Å². The average molecular weight is 526 g/mol. The van der Waals surface area contributed by atoms with E-state index in [4.69, 9.17) is 4.74 Å². The molecule has 2 aliphatic carbocycles. The third kappa shape index (κ3) is 3.10. The van der Waals surface area contributed by atoms with E-state index in [1.165, 1.54) is 4.90 Å². The Bertz CT molecular complexity index is 840. The molecule has 0 aromatic heterocycles. The Balaban J connectivity index is 1.35. The first-order valence-corrected chi connectivity index (χ1v) is 12.0. The van der Waals surface area contributed by atoms with E-state index in [-0.39, 0.29) is 57.2 Å². The number of ether oxygens (including phenoxy) is 1. The first kappa shape index (κ1) is 19.7. The maximum atomic E-state index is 13.2. The van der Waals surface area contributed by atoms with Crippen molar-refractivity contribution < 1.29 is 19.1 Å². The molecule has 6 nitrogen and oxygen atoms in total. The highest BCUT2D eigenvalue weighted by Gasteiger charge is 2.66. The monoisotopic (exact) mass is 524 g/mol. The molecular weight excluding hydrogens is 504 g/mol. The highest BCUT2D eigenvalue weighted by molar-refractivity contribution is 9.12. The fourth-order valence-corrected chi connectivity index (χ4v) is 7.38. The van der Waals surface area contributed by atoms with Crippen LogP contribution in [0.5, 0.6) is 0 Å². The number of halogens is 2. The largest absolute Gasteiger partial charge is 0.376 e. The van der Waals surface area contributed by atoms with E-state index in [0.29, 0.717) is 17.8 Å². The second-order valence-electron chi connectivity index (χ2n) is 8.41. The lowest BCUT2D eigenvalue weighted by Gasteiger charge is -2.28. The van der Waals surface area contributed by atoms with Crippen LogP contribution in [0.2, 0.25) is 0 Å². The van der Waals surface area contributed by atoms with Gasteiger partial charge in [-0.1, -0.05) is 37.9 Å². The van der Waals surface area contributed by atoms with Gasteiger partial charge in [0.15, 0.2) is 0 Å². The summed E-state index contributed by atoms with van der Waals surface area (Å²) < 4.78 is 5.54. The molecule has 7 atom stereocenters. The first-order valence-electron chi connectivity index (χ1n) is 10.1. The van der Waals surface area contributed by atoms with Crippen molar-refractivity contribution in [1.82, 2.24) is 5.32 Å². The Morgan fingerprint density at radius 1 is 1.14 bits per heavy atom. The highest BCUT2D eigenvalue weighted by atomic mass is 79.9. The molecule has 0 unspecified atom stereocenters. The SMILES string of the molecule is O=C(NC[C@@H]1CCCO1)c1cccc(N2C(=O)[C@@H]3[C@H]4C[C@@H]([C@H](Br)[C@@H]4Br)[C@@H]3C2=O)c1. The molecule has 8 heteroatoms. The third-order valence-electron chi connectivity index (χ3n) is 6.87. The van der Waals surface area contributed by atoms with Gasteiger partial charge in [-0.2, -0.15) is 0 Å². The fourth-order valence-electron chi connectivity index (χ4n) is 5.50. The van der Waals surface area contributed by atoms with Crippen LogP contribution in [-0.4, -0.2) is 46.6 Å². The van der Waals surface area contributed by atoms with Gasteiger partial charge in [-0.05, 0) is 49.3 Å². The van der Waals surface area contributed by atoms with Gasteiger partial charge in [-0.3, -0.25) is 19.3 Å². The standard InChI is InChI=1S/C21H22Br2N2O4/c22-17-13-8-14(18(17)23)16-15(13)20(27)25(21(16)28)11-4-1-3-10(7-11)19(26)24-9-12-5-2-6-29-12/h1,3-4,7,12-18H,2,5-6,8-9H2,(H,24,26)/t12-,13+,14+,15-,16+,17-,18+/m0/s1. The van der Waals surface area contributed by atoms with Crippen LogP contribution in [0, 0.1) is 23.7 Å². The van der Waals surface area contributed by atoms with Crippen molar-refractivity contribution in [3.05, 3.63) is 29.8 Å². The topological polar surface area (TPSA) is 75.7 Å². The third-order valence-corrected chi connectivity index (χ3v) is 10.1. The molecule has 1 aromatic rings. The predicted octanol–water partition coefficient (Wildman–Crippen LogP) is 2.88. The molecule has 1 aromatic carbocycles. The summed E-state index contributed by atoms with van der Waals surface area (Å²) in [7, 11) is 0. The van der Waals surface area contributed by atoms with Crippen LogP contribution in [0.3, 0.4) is 0 Å². The summed E-state index contributed by atoms with van der Waals surface area (Å²) in [5, 5.41) is 2.89. The Hall–Kier alpha value is -1.25. The molecule has 0 spiro atoms. The number of anilines is 1. The summed E-state index contributed by atoms with van der Waals surface area (Å²) in [6, 6.07) is 6.79. The number of hydrogen-bond donors (Lipinski definition) is 1. The Kier molecular flexibility index (Phi) is 5.07. The van der Waals surface area contributed by atoms with Gasteiger partial charge in [0.25, 0.3) is 5.91 Å². The Morgan fingerprint density at radius 2 is 1.83 bits per heavy atom. The first-order chi connectivity index (χ1) is 14.0. The number of fused-ring (bicyclic) bond motifs is 5. The van der Waals surface area contributed by atoms with Crippen molar-refractivity contribution in [2.45, 2.75) is 35.0 Å². The number of nitrogens with zero attached hydrogens (tertiary/aromatic N) is 1. The molecule has 2 saturated carbocycles. The molecule has 5 rings (SSSR count). The van der Waals surface area contributed by atoms with Crippen LogP contribution in [0.15, 0.2) is 24.3 Å². The number of rotatable bonds is 4. The van der Waals surface area contributed by atoms with Crippen molar-refractivity contribution in [2.24, 2.45) is 23.7 Å². The second-order valence-corrected chi connectivity index (χ2v) is 10.5. The van der Waals surface area contributed by atoms with Crippen LogP contribution in [0.4, 0.5) is 5.69 Å². The van der Waals surface area contributed by atoms with Gasteiger partial charge in [0.2, 0.25) is 11.8 Å². The molecule has 29 heavy (non-hydrogen) atoms. The number of amides is 3. The number of carbonyl (C=O) groups excluding carboxylic acids is 3. The van der Waals surface area contributed by atoms with E-state index >= 15 is 0 Å². The lowest BCUT2D eigenvalue weighted by atomic mass is 9.81. The average Bonchev–Trinajstić information content (AvgIpc) is 3.47. The van der Waals surface area contributed by atoms with Crippen molar-refractivity contribution in [3.63, 3.8) is 0 Å². The van der Waals surface area contributed by atoms with E-state index < -0.39 is 0 Å². The maximum Gasteiger partial charge on any atom is 0.251 e. The van der Waals surface area contributed by atoms with Gasteiger partial charge >= 0.3 is 0 Å². The molecule has 4 aliphatic rings. The number of nitrogens with one attached hydrogen (secondary N) is 1. The molecule has 2 bridgehead atoms. The Labute approximate surface area is 186 Å². The van der Waals surface area contributed by atoms with E-state index in [9.17, 15) is 14.4 Å². The second kappa shape index (κ2) is 7.46. The maximum absolute atomic E-state index is 13.2. The fraction of sp³-hybridized carbons (Fsp3) is 0.571. The van der Waals surface area contributed by atoms with Gasteiger partial charge in [-0.25, -0.2) is 0 Å². The number of benzene rings is 1. The summed E-state index contributed by atoms with van der Waals surface area (Å²) in [6.45, 7) is 1.21. The van der Waals surface area contributed by atoms with E-state index in [1.54, 1.807) is 24.3 Å². The number of imide groups is 1. The molecule has 0 radical (unpaired) electrons. The summed E-state index contributed by atoms with van der Waals surface area (Å²) in [4.78, 5) is 40.6. The summed E-state index contributed by atoms with van der Waals surface area (Å²) in [5.74, 6) is -0.655. The minimum absolute atomic E-state index is 0.0631. The molecule has 1 N–H and O–H groups in total. The molecule has 154 valence electrons. The van der Waals surface area contributed by atoms with Crippen LogP contribution in [0.1, 0.15) is 29.6 Å². The van der Waals surface area contributed by atoms with Crippen LogP contribution < -0.4 is 10.2 Å². The zero-order valence-corrected chi connectivity index (χ0v) is 18.9. The highest BCUT2D eigenvalue weighted by Crippen LogP contribution is 2.60. The van der Waals surface area contributed by atoms with Gasteiger partial charge in [-0.15, -0.1) is 0 Å². The zero-order chi connectivity index (χ0) is 20.3. The van der Waals surface area contributed by atoms with Crippen LogP contribution in [0.25, 0.3) is 0 Å². The lowest BCUT2D eigenvalue weighted by molar-refractivity contribution is -0.123. The summed E-state index contributed by atoms with van der Waals surface area (Å²) in [5.41, 5.74) is 0.925.